The van der Waals surface area contributed by atoms with E-state index in [4.69, 9.17) is 0 Å². The first-order valence-corrected chi connectivity index (χ1v) is 9.56. The molecule has 0 saturated heterocycles. The smallest absolute Gasteiger partial charge is 0.00506 e. The molecule has 1 radical (unpaired) electrons. The van der Waals surface area contributed by atoms with Gasteiger partial charge in [0.25, 0.3) is 0 Å². The Morgan fingerprint density at radius 2 is 1.06 bits per heavy atom. The molecule has 1 heteroatoms. The predicted molar refractivity (Wildman–Crippen MR) is 71.1 cm³/mol. The van der Waals surface area contributed by atoms with Gasteiger partial charge in [0, 0.05) is 6.42 Å². The van der Waals surface area contributed by atoms with Crippen molar-refractivity contribution in [2.24, 2.45) is 10.8 Å². The Morgan fingerprint density at radius 1 is 0.688 bits per heavy atom. The van der Waals surface area contributed by atoms with Crippen LogP contribution in [0.4, 0.5) is 0 Å². The van der Waals surface area contributed by atoms with Crippen molar-refractivity contribution >= 4 is 0 Å². The van der Waals surface area contributed by atoms with Gasteiger partial charge in [-0.05, 0) is 0 Å². The second kappa shape index (κ2) is 7.64. The number of hydrogen-bond donors (Lipinski definition) is 0. The van der Waals surface area contributed by atoms with E-state index in [0.717, 1.165) is 0 Å². The van der Waals surface area contributed by atoms with Gasteiger partial charge in [-0.2, -0.15) is 0 Å². The van der Waals surface area contributed by atoms with E-state index in [1.165, 1.54) is 8.26 Å². The molecule has 0 atom stereocenters. The fraction of sp³-hybridized carbons (Fsp3) is 0.667. The summed E-state index contributed by atoms with van der Waals surface area (Å²) in [5.41, 5.74) is 1.19. The van der Waals surface area contributed by atoms with Gasteiger partial charge in [0.15, 0.2) is 0 Å². The van der Waals surface area contributed by atoms with Crippen molar-refractivity contribution in [2.75, 3.05) is 0 Å². The molecule has 0 fully saturated rings. The molecule has 0 aromatic heterocycles. The third-order valence-electron chi connectivity index (χ3n) is 1.87. The van der Waals surface area contributed by atoms with Crippen LogP contribution in [0.1, 0.15) is 41.5 Å². The van der Waals surface area contributed by atoms with Gasteiger partial charge >= 0.3 is 83.9 Å². The maximum absolute atomic E-state index is 2.36. The molecule has 0 N–H and O–H groups in total. The summed E-state index contributed by atoms with van der Waals surface area (Å²) in [5.74, 6) is 0. The van der Waals surface area contributed by atoms with Crippen LogP contribution in [0.15, 0.2) is 24.3 Å². The molecule has 0 unspecified atom stereocenters. The summed E-state index contributed by atoms with van der Waals surface area (Å²) in [7, 11) is 0. The van der Waals surface area contributed by atoms with E-state index in [-0.39, 0.29) is 23.2 Å². The molecule has 0 saturated carbocycles. The average Bonchev–Trinajstić information content (AvgIpc) is 2.54. The molecule has 0 aromatic carbocycles. The molecule has 0 amide bonds. The van der Waals surface area contributed by atoms with Gasteiger partial charge in [0.1, 0.15) is 0 Å². The number of allylic oxidation sites excluding steroid dienone is 4. The molecule has 0 heterocycles. The van der Waals surface area contributed by atoms with Crippen molar-refractivity contribution in [3.8, 4) is 0 Å². The molecule has 0 nitrogen and oxygen atoms in total. The zero-order valence-corrected chi connectivity index (χ0v) is 14.3. The molecular weight excluding hydrogens is 271 g/mol. The Hall–Kier alpha value is 0.363. The standard InChI is InChI=1S/C5H5.2C5H11.Zr/c1-2-4-5-3-1;2*1-5(2,3)4;/h1-5H;2*1H2,2-4H3;. The Bertz CT molecular complexity index is 199. The van der Waals surface area contributed by atoms with Gasteiger partial charge in [-0.25, -0.2) is 0 Å². The molecule has 91 valence electrons. The number of rotatable bonds is 2. The van der Waals surface area contributed by atoms with Crippen LogP contribution in [0.2, 0.25) is 8.26 Å². The molecule has 1 aliphatic rings. The maximum atomic E-state index is 2.36. The topological polar surface area (TPSA) is 0 Å². The van der Waals surface area contributed by atoms with Gasteiger partial charge < -0.3 is 0 Å². The molecule has 0 aromatic rings. The quantitative estimate of drug-likeness (QED) is 0.647. The zero-order valence-electron chi connectivity index (χ0n) is 11.8. The number of hydrogen-bond acceptors (Lipinski definition) is 0. The molecule has 1 rings (SSSR count). The zero-order chi connectivity index (χ0) is 12.7. The third kappa shape index (κ3) is 14.4. The van der Waals surface area contributed by atoms with Crippen LogP contribution in [0.5, 0.6) is 0 Å². The van der Waals surface area contributed by atoms with E-state index in [1.54, 1.807) is 0 Å². The molecule has 16 heavy (non-hydrogen) atoms. The first kappa shape index (κ1) is 16.4. The van der Waals surface area contributed by atoms with Crippen LogP contribution in [-0.2, 0) is 23.2 Å². The first-order chi connectivity index (χ1) is 7.21. The van der Waals surface area contributed by atoms with Crippen LogP contribution in [0, 0.1) is 17.3 Å². The van der Waals surface area contributed by atoms with Gasteiger partial charge in [0.2, 0.25) is 0 Å². The maximum Gasteiger partial charge on any atom is 0.00506 e. The molecule has 0 spiro atoms. The van der Waals surface area contributed by atoms with Crippen LogP contribution >= 0.6 is 0 Å². The summed E-state index contributed by atoms with van der Waals surface area (Å²) in [6, 6.07) is 0. The molecule has 1 aliphatic carbocycles. The van der Waals surface area contributed by atoms with Crippen molar-refractivity contribution < 1.29 is 23.2 Å². The normalized spacial score (nSPS) is 14.6. The summed E-state index contributed by atoms with van der Waals surface area (Å²) in [6.07, 6.45) is 10.0. The van der Waals surface area contributed by atoms with Crippen LogP contribution in [0.3, 0.4) is 0 Å². The van der Waals surface area contributed by atoms with Crippen molar-refractivity contribution in [1.29, 1.82) is 0 Å². The van der Waals surface area contributed by atoms with Gasteiger partial charge in [-0.15, -0.1) is 0 Å². The van der Waals surface area contributed by atoms with Crippen molar-refractivity contribution in [1.82, 2.24) is 0 Å². The second-order valence-corrected chi connectivity index (χ2v) is 9.65. The van der Waals surface area contributed by atoms with Crippen LogP contribution in [-0.4, -0.2) is 0 Å². The molecule has 0 aliphatic heterocycles. The average molecular weight is 299 g/mol. The minimum atomic E-state index is -0.0581. The van der Waals surface area contributed by atoms with Gasteiger partial charge in [-0.3, -0.25) is 0 Å². The van der Waals surface area contributed by atoms with E-state index < -0.39 is 0 Å². The van der Waals surface area contributed by atoms with Crippen molar-refractivity contribution in [3.63, 3.8) is 0 Å². The van der Waals surface area contributed by atoms with Crippen molar-refractivity contribution in [2.45, 2.75) is 49.8 Å². The minimum Gasteiger partial charge on any atom is -0.0767 e. The summed E-state index contributed by atoms with van der Waals surface area (Å²) in [5, 5.41) is 0. The first-order valence-electron chi connectivity index (χ1n) is 6.08. The van der Waals surface area contributed by atoms with Gasteiger partial charge in [-0.1, -0.05) is 24.3 Å². The SMILES string of the molecule is CC(C)(C)[CH2][Zr][CH2]C(C)(C)C.[CH]1C=CC=C1. The van der Waals surface area contributed by atoms with Gasteiger partial charge in [0.05, 0.1) is 0 Å². The van der Waals surface area contributed by atoms with Crippen molar-refractivity contribution in [3.05, 3.63) is 30.7 Å². The Labute approximate surface area is 114 Å². The van der Waals surface area contributed by atoms with Crippen LogP contribution < -0.4 is 0 Å². The van der Waals surface area contributed by atoms with E-state index in [0.29, 0.717) is 10.8 Å². The summed E-state index contributed by atoms with van der Waals surface area (Å²) in [4.78, 5) is 0. The predicted octanol–water partition coefficient (Wildman–Crippen LogP) is 5.31. The summed E-state index contributed by atoms with van der Waals surface area (Å²) < 4.78 is 3.04. The second-order valence-electron chi connectivity index (χ2n) is 6.69. The van der Waals surface area contributed by atoms with E-state index in [2.05, 4.69) is 41.5 Å². The molecule has 0 bridgehead atoms. The third-order valence-corrected chi connectivity index (χ3v) is 8.31. The van der Waals surface area contributed by atoms with E-state index in [1.807, 2.05) is 30.7 Å². The van der Waals surface area contributed by atoms with Crippen LogP contribution in [0.25, 0.3) is 0 Å². The fourth-order valence-electron chi connectivity index (χ4n) is 1.13. The minimum absolute atomic E-state index is 0.0581. The Kier molecular flexibility index (Phi) is 7.82. The molecular formula is C15H27Zr. The Morgan fingerprint density at radius 3 is 1.25 bits per heavy atom. The van der Waals surface area contributed by atoms with E-state index >= 15 is 0 Å². The Balaban J connectivity index is 0.000000368. The largest absolute Gasteiger partial charge is 0.0767 e. The summed E-state index contributed by atoms with van der Waals surface area (Å²) in [6.45, 7) is 14.1. The fourth-order valence-corrected chi connectivity index (χ4v) is 5.13. The van der Waals surface area contributed by atoms with E-state index in [9.17, 15) is 0 Å². The monoisotopic (exact) mass is 297 g/mol. The summed E-state index contributed by atoms with van der Waals surface area (Å²) >= 11 is -0.0581.